The first kappa shape index (κ1) is 15.3. The number of rotatable bonds is 4. The molecule has 2 heterocycles. The van der Waals surface area contributed by atoms with Crippen molar-refractivity contribution < 1.29 is 9.59 Å². The van der Waals surface area contributed by atoms with Crippen molar-refractivity contribution in [3.8, 4) is 0 Å². The maximum Gasteiger partial charge on any atom is 0.242 e. The van der Waals surface area contributed by atoms with Gasteiger partial charge < -0.3 is 15.1 Å². The fourth-order valence-corrected chi connectivity index (χ4v) is 2.89. The summed E-state index contributed by atoms with van der Waals surface area (Å²) < 4.78 is 0. The van der Waals surface area contributed by atoms with E-state index in [9.17, 15) is 9.59 Å². The Hall–Kier alpha value is -1.14. The minimum absolute atomic E-state index is 0.0412. The average Bonchev–Trinajstić information content (AvgIpc) is 3.01. The van der Waals surface area contributed by atoms with E-state index in [4.69, 9.17) is 0 Å². The van der Waals surface area contributed by atoms with E-state index in [1.165, 1.54) is 0 Å². The summed E-state index contributed by atoms with van der Waals surface area (Å²) in [5.74, 6) is 0.116. The number of likely N-dealkylation sites (tertiary alicyclic amines) is 1. The number of nitrogens with zero attached hydrogens (tertiary/aromatic N) is 3. The summed E-state index contributed by atoms with van der Waals surface area (Å²) in [5.41, 5.74) is 0. The molecule has 2 rings (SSSR count). The summed E-state index contributed by atoms with van der Waals surface area (Å²) in [5, 5.41) is 3.28. The molecular weight excluding hydrogens is 256 g/mol. The SMILES string of the molecule is CC(C(=O)N(C)CC(=O)N1CCCC1)N1CCNCC1. The molecule has 114 valence electrons. The van der Waals surface area contributed by atoms with E-state index in [0.717, 1.165) is 52.1 Å². The third-order valence-corrected chi connectivity index (χ3v) is 4.26. The van der Waals surface area contributed by atoms with Crippen molar-refractivity contribution in [2.45, 2.75) is 25.8 Å². The zero-order chi connectivity index (χ0) is 14.5. The van der Waals surface area contributed by atoms with Crippen molar-refractivity contribution in [2.24, 2.45) is 0 Å². The fourth-order valence-electron chi connectivity index (χ4n) is 2.89. The maximum absolute atomic E-state index is 12.4. The zero-order valence-corrected chi connectivity index (χ0v) is 12.6. The number of carbonyl (C=O) groups is 2. The molecule has 0 aliphatic carbocycles. The Kier molecular flexibility index (Phi) is 5.37. The van der Waals surface area contributed by atoms with E-state index in [1.54, 1.807) is 11.9 Å². The van der Waals surface area contributed by atoms with Gasteiger partial charge in [-0.15, -0.1) is 0 Å². The average molecular weight is 282 g/mol. The first-order valence-electron chi connectivity index (χ1n) is 7.57. The van der Waals surface area contributed by atoms with Crippen LogP contribution in [0.25, 0.3) is 0 Å². The summed E-state index contributed by atoms with van der Waals surface area (Å²) >= 11 is 0. The molecule has 0 aromatic rings. The van der Waals surface area contributed by atoms with Crippen LogP contribution in [0.2, 0.25) is 0 Å². The number of carbonyl (C=O) groups excluding carboxylic acids is 2. The largest absolute Gasteiger partial charge is 0.341 e. The van der Waals surface area contributed by atoms with Gasteiger partial charge in [-0.3, -0.25) is 14.5 Å². The second-order valence-electron chi connectivity index (χ2n) is 5.74. The van der Waals surface area contributed by atoms with Crippen LogP contribution >= 0.6 is 0 Å². The molecule has 2 aliphatic rings. The molecule has 1 unspecified atom stereocenters. The lowest BCUT2D eigenvalue weighted by molar-refractivity contribution is -0.141. The van der Waals surface area contributed by atoms with Crippen LogP contribution in [0.15, 0.2) is 0 Å². The summed E-state index contributed by atoms with van der Waals surface area (Å²) in [7, 11) is 1.73. The smallest absolute Gasteiger partial charge is 0.242 e. The van der Waals surface area contributed by atoms with Gasteiger partial charge in [-0.1, -0.05) is 0 Å². The quantitative estimate of drug-likeness (QED) is 0.745. The molecule has 0 radical (unpaired) electrons. The number of nitrogens with one attached hydrogen (secondary N) is 1. The second-order valence-corrected chi connectivity index (χ2v) is 5.74. The number of amides is 2. The Bertz CT molecular complexity index is 349. The van der Waals surface area contributed by atoms with Crippen molar-refractivity contribution in [1.29, 1.82) is 0 Å². The van der Waals surface area contributed by atoms with Gasteiger partial charge in [0.1, 0.15) is 0 Å². The Morgan fingerprint density at radius 1 is 1.15 bits per heavy atom. The highest BCUT2D eigenvalue weighted by Crippen LogP contribution is 2.09. The lowest BCUT2D eigenvalue weighted by Crippen LogP contribution is -2.54. The third kappa shape index (κ3) is 3.70. The predicted molar refractivity (Wildman–Crippen MR) is 77.4 cm³/mol. The molecule has 1 N–H and O–H groups in total. The molecule has 6 heteroatoms. The molecule has 0 bridgehead atoms. The van der Waals surface area contributed by atoms with Gasteiger partial charge in [-0.25, -0.2) is 0 Å². The summed E-state index contributed by atoms with van der Waals surface area (Å²) in [6.07, 6.45) is 2.17. The number of piperazine rings is 1. The maximum atomic E-state index is 12.4. The first-order valence-corrected chi connectivity index (χ1v) is 7.57. The lowest BCUT2D eigenvalue weighted by atomic mass is 10.2. The van der Waals surface area contributed by atoms with Crippen LogP contribution in [-0.2, 0) is 9.59 Å². The molecule has 2 aliphatic heterocycles. The second kappa shape index (κ2) is 7.04. The first-order chi connectivity index (χ1) is 9.59. The van der Waals surface area contributed by atoms with Crippen molar-refractivity contribution in [3.05, 3.63) is 0 Å². The normalized spacial score (nSPS) is 21.8. The van der Waals surface area contributed by atoms with Gasteiger partial charge in [0.15, 0.2) is 0 Å². The van der Waals surface area contributed by atoms with Crippen molar-refractivity contribution in [3.63, 3.8) is 0 Å². The highest BCUT2D eigenvalue weighted by molar-refractivity contribution is 5.87. The monoisotopic (exact) mass is 282 g/mol. The van der Waals surface area contributed by atoms with Gasteiger partial charge in [0, 0.05) is 46.3 Å². The summed E-state index contributed by atoms with van der Waals surface area (Å²) in [6.45, 7) is 7.45. The fraction of sp³-hybridized carbons (Fsp3) is 0.857. The topological polar surface area (TPSA) is 55.9 Å². The van der Waals surface area contributed by atoms with Gasteiger partial charge >= 0.3 is 0 Å². The predicted octanol–water partition coefficient (Wildman–Crippen LogP) is -0.639. The van der Waals surface area contributed by atoms with E-state index >= 15 is 0 Å². The molecule has 0 aromatic heterocycles. The summed E-state index contributed by atoms with van der Waals surface area (Å²) in [4.78, 5) is 30.1. The number of hydrogen-bond acceptors (Lipinski definition) is 4. The van der Waals surface area contributed by atoms with E-state index in [2.05, 4.69) is 10.2 Å². The van der Waals surface area contributed by atoms with Crippen molar-refractivity contribution in [2.75, 3.05) is 52.9 Å². The molecule has 1 atom stereocenters. The van der Waals surface area contributed by atoms with Crippen LogP contribution in [0.3, 0.4) is 0 Å². The van der Waals surface area contributed by atoms with Crippen molar-refractivity contribution >= 4 is 11.8 Å². The molecule has 20 heavy (non-hydrogen) atoms. The minimum Gasteiger partial charge on any atom is -0.341 e. The van der Waals surface area contributed by atoms with Gasteiger partial charge in [0.2, 0.25) is 11.8 Å². The van der Waals surface area contributed by atoms with Gasteiger partial charge in [-0.05, 0) is 19.8 Å². The van der Waals surface area contributed by atoms with Crippen LogP contribution in [0.1, 0.15) is 19.8 Å². The van der Waals surface area contributed by atoms with E-state index in [0.29, 0.717) is 0 Å². The Labute approximate surface area is 121 Å². The third-order valence-electron chi connectivity index (χ3n) is 4.26. The van der Waals surface area contributed by atoms with Gasteiger partial charge in [0.25, 0.3) is 0 Å². The van der Waals surface area contributed by atoms with Gasteiger partial charge in [0.05, 0.1) is 12.6 Å². The molecule has 2 saturated heterocycles. The highest BCUT2D eigenvalue weighted by Gasteiger charge is 2.27. The lowest BCUT2D eigenvalue weighted by Gasteiger charge is -2.34. The van der Waals surface area contributed by atoms with Crippen LogP contribution in [-0.4, -0.2) is 85.4 Å². The van der Waals surface area contributed by atoms with Crippen molar-refractivity contribution in [1.82, 2.24) is 20.0 Å². The minimum atomic E-state index is -0.145. The Balaban J connectivity index is 1.82. The molecule has 6 nitrogen and oxygen atoms in total. The molecule has 0 saturated carbocycles. The van der Waals surface area contributed by atoms with Crippen LogP contribution in [0, 0.1) is 0 Å². The van der Waals surface area contributed by atoms with E-state index in [1.807, 2.05) is 11.8 Å². The van der Waals surface area contributed by atoms with E-state index in [-0.39, 0.29) is 24.4 Å². The zero-order valence-electron chi connectivity index (χ0n) is 12.6. The Morgan fingerprint density at radius 2 is 1.75 bits per heavy atom. The Morgan fingerprint density at radius 3 is 2.35 bits per heavy atom. The molecular formula is C14H26N4O2. The molecule has 0 aromatic carbocycles. The van der Waals surface area contributed by atoms with Crippen LogP contribution in [0.5, 0.6) is 0 Å². The molecule has 0 spiro atoms. The van der Waals surface area contributed by atoms with Crippen LogP contribution < -0.4 is 5.32 Å². The van der Waals surface area contributed by atoms with E-state index < -0.39 is 0 Å². The number of hydrogen-bond donors (Lipinski definition) is 1. The highest BCUT2D eigenvalue weighted by atomic mass is 16.2. The molecule has 2 amide bonds. The van der Waals surface area contributed by atoms with Crippen LogP contribution in [0.4, 0.5) is 0 Å². The standard InChI is InChI=1S/C14H26N4O2/c1-12(17-9-5-15-6-10-17)14(20)16(2)11-13(19)18-7-3-4-8-18/h12,15H,3-11H2,1-2H3. The molecule has 2 fully saturated rings. The summed E-state index contributed by atoms with van der Waals surface area (Å²) in [6, 6.07) is -0.145. The van der Waals surface area contributed by atoms with Gasteiger partial charge in [-0.2, -0.15) is 0 Å². The number of likely N-dealkylation sites (N-methyl/N-ethyl adjacent to an activating group) is 1.